The number of hydrogen-bond acceptors (Lipinski definition) is 5. The van der Waals surface area contributed by atoms with E-state index < -0.39 is 4.92 Å². The maximum Gasteiger partial charge on any atom is 0.281 e. The molecule has 0 bridgehead atoms. The molecule has 6 nitrogen and oxygen atoms in total. The van der Waals surface area contributed by atoms with Gasteiger partial charge in [0.15, 0.2) is 0 Å². The van der Waals surface area contributed by atoms with Gasteiger partial charge >= 0.3 is 0 Å². The average Bonchev–Trinajstić information content (AvgIpc) is 2.93. The Morgan fingerprint density at radius 2 is 2.14 bits per heavy atom. The van der Waals surface area contributed by atoms with Crippen molar-refractivity contribution in [1.29, 1.82) is 0 Å². The Labute approximate surface area is 130 Å². The third-order valence-corrected chi connectivity index (χ3v) is 3.82. The minimum Gasteiger partial charge on any atom is -0.266 e. The lowest BCUT2D eigenvalue weighted by atomic mass is 10.2. The molecule has 0 aliphatic rings. The molecular weight excluding hydrogens is 302 g/mol. The normalized spacial score (nSPS) is 11.1. The molecule has 0 atom stereocenters. The fraction of sp³-hybridized carbons (Fsp3) is 0.0667. The molecule has 1 heterocycles. The Bertz CT molecular complexity index is 750. The molecule has 1 amide bonds. The van der Waals surface area contributed by atoms with Crippen molar-refractivity contribution in [3.63, 3.8) is 0 Å². The first kappa shape index (κ1) is 15.6. The van der Waals surface area contributed by atoms with Crippen molar-refractivity contribution in [1.82, 2.24) is 5.43 Å². The number of thiophene rings is 1. The second-order valence-corrected chi connectivity index (χ2v) is 5.24. The van der Waals surface area contributed by atoms with Crippen LogP contribution in [0.5, 0.6) is 0 Å². The van der Waals surface area contributed by atoms with E-state index in [1.54, 1.807) is 24.3 Å². The van der Waals surface area contributed by atoms with Gasteiger partial charge in [0, 0.05) is 12.3 Å². The third kappa shape index (κ3) is 3.86. The van der Waals surface area contributed by atoms with Gasteiger partial charge in [-0.05, 0) is 42.2 Å². The highest BCUT2D eigenvalue weighted by molar-refractivity contribution is 7.12. The van der Waals surface area contributed by atoms with E-state index in [-0.39, 0.29) is 11.6 Å². The fourth-order valence-corrected chi connectivity index (χ4v) is 2.55. The fourth-order valence-electron chi connectivity index (χ4n) is 1.74. The van der Waals surface area contributed by atoms with E-state index in [1.807, 2.05) is 18.4 Å². The molecular formula is C15H13N3O3S. The van der Waals surface area contributed by atoms with Crippen LogP contribution in [0.4, 0.5) is 5.69 Å². The van der Waals surface area contributed by atoms with Crippen LogP contribution in [0.25, 0.3) is 6.08 Å². The number of benzene rings is 1. The predicted octanol–water partition coefficient (Wildman–Crippen LogP) is 3.39. The van der Waals surface area contributed by atoms with Gasteiger partial charge in [0.25, 0.3) is 11.6 Å². The molecule has 2 rings (SSSR count). The maximum atomic E-state index is 11.8. The Balaban J connectivity index is 1.97. The van der Waals surface area contributed by atoms with E-state index in [1.165, 1.54) is 29.7 Å². The molecule has 0 aliphatic heterocycles. The highest BCUT2D eigenvalue weighted by atomic mass is 32.1. The zero-order valence-corrected chi connectivity index (χ0v) is 12.5. The first-order valence-electron chi connectivity index (χ1n) is 6.37. The van der Waals surface area contributed by atoms with E-state index in [9.17, 15) is 14.9 Å². The minimum absolute atomic E-state index is 0.0189. The van der Waals surface area contributed by atoms with Crippen LogP contribution in [0, 0.1) is 17.0 Å². The molecule has 112 valence electrons. The molecule has 1 aromatic carbocycles. The van der Waals surface area contributed by atoms with Crippen molar-refractivity contribution >= 4 is 35.2 Å². The monoisotopic (exact) mass is 315 g/mol. The average molecular weight is 315 g/mol. The summed E-state index contributed by atoms with van der Waals surface area (Å²) in [5.41, 5.74) is 3.79. The summed E-state index contributed by atoms with van der Waals surface area (Å²) in [6, 6.07) is 8.24. The SMILES string of the molecule is Cc1ccsc1C(=O)NN=C/C=C/c1ccccc1[N+](=O)[O-]. The van der Waals surface area contributed by atoms with Crippen LogP contribution in [0.15, 0.2) is 46.9 Å². The summed E-state index contributed by atoms with van der Waals surface area (Å²) in [6.07, 6.45) is 4.46. The number of carbonyl (C=O) groups excluding carboxylic acids is 1. The number of para-hydroxylation sites is 1. The first-order chi connectivity index (χ1) is 10.6. The number of nitrogens with one attached hydrogen (secondary N) is 1. The molecule has 7 heteroatoms. The Kier molecular flexibility index (Phi) is 5.16. The highest BCUT2D eigenvalue weighted by Gasteiger charge is 2.09. The minimum atomic E-state index is -0.446. The van der Waals surface area contributed by atoms with Crippen molar-refractivity contribution in [3.8, 4) is 0 Å². The number of nitrogens with zero attached hydrogens (tertiary/aromatic N) is 2. The van der Waals surface area contributed by atoms with Crippen LogP contribution in [-0.4, -0.2) is 17.0 Å². The summed E-state index contributed by atoms with van der Waals surface area (Å²) in [6.45, 7) is 1.85. The Morgan fingerprint density at radius 3 is 2.82 bits per heavy atom. The number of hydrazone groups is 1. The first-order valence-corrected chi connectivity index (χ1v) is 7.25. The number of nitro benzene ring substituents is 1. The zero-order chi connectivity index (χ0) is 15.9. The number of nitro groups is 1. The molecule has 1 aromatic heterocycles. The van der Waals surface area contributed by atoms with Crippen molar-refractivity contribution in [2.45, 2.75) is 6.92 Å². The third-order valence-electron chi connectivity index (χ3n) is 2.80. The smallest absolute Gasteiger partial charge is 0.266 e. The van der Waals surface area contributed by atoms with Crippen molar-refractivity contribution in [2.75, 3.05) is 0 Å². The second kappa shape index (κ2) is 7.28. The quantitative estimate of drug-likeness (QED) is 0.521. The van der Waals surface area contributed by atoms with Crippen LogP contribution >= 0.6 is 11.3 Å². The van der Waals surface area contributed by atoms with Gasteiger partial charge in [-0.1, -0.05) is 12.1 Å². The number of amides is 1. The molecule has 0 unspecified atom stereocenters. The van der Waals surface area contributed by atoms with E-state index in [0.29, 0.717) is 10.4 Å². The van der Waals surface area contributed by atoms with E-state index in [0.717, 1.165) is 5.56 Å². The van der Waals surface area contributed by atoms with Gasteiger partial charge in [-0.2, -0.15) is 5.10 Å². The van der Waals surface area contributed by atoms with Crippen LogP contribution in [-0.2, 0) is 0 Å². The lowest BCUT2D eigenvalue weighted by Gasteiger charge is -1.97. The predicted molar refractivity (Wildman–Crippen MR) is 87.1 cm³/mol. The van der Waals surface area contributed by atoms with Gasteiger partial charge in [0.05, 0.1) is 15.4 Å². The van der Waals surface area contributed by atoms with Gasteiger partial charge in [0.2, 0.25) is 0 Å². The summed E-state index contributed by atoms with van der Waals surface area (Å²) in [4.78, 5) is 22.8. The molecule has 0 saturated carbocycles. The van der Waals surface area contributed by atoms with Crippen molar-refractivity contribution in [3.05, 3.63) is 67.9 Å². The van der Waals surface area contributed by atoms with E-state index >= 15 is 0 Å². The van der Waals surface area contributed by atoms with Gasteiger partial charge in [-0.15, -0.1) is 11.3 Å². The molecule has 0 spiro atoms. The molecule has 0 saturated heterocycles. The van der Waals surface area contributed by atoms with Crippen molar-refractivity contribution < 1.29 is 9.72 Å². The summed E-state index contributed by atoms with van der Waals surface area (Å²) in [7, 11) is 0. The summed E-state index contributed by atoms with van der Waals surface area (Å²) < 4.78 is 0. The number of allylic oxidation sites excluding steroid dienone is 1. The van der Waals surface area contributed by atoms with Gasteiger partial charge < -0.3 is 0 Å². The maximum absolute atomic E-state index is 11.8. The van der Waals surface area contributed by atoms with Crippen LogP contribution in [0.1, 0.15) is 20.8 Å². The molecule has 22 heavy (non-hydrogen) atoms. The zero-order valence-electron chi connectivity index (χ0n) is 11.7. The number of aryl methyl sites for hydroxylation is 1. The molecule has 0 radical (unpaired) electrons. The summed E-state index contributed by atoms with van der Waals surface area (Å²) >= 11 is 1.34. The number of rotatable bonds is 5. The molecule has 2 aromatic rings. The topological polar surface area (TPSA) is 84.6 Å². The molecule has 1 N–H and O–H groups in total. The molecule has 0 fully saturated rings. The standard InChI is InChI=1S/C15H13N3O3S/c1-11-8-10-22-14(11)15(19)17-16-9-4-6-12-5-2-3-7-13(12)18(20)21/h2-10H,1H3,(H,17,19)/b6-4+,16-9?. The largest absolute Gasteiger partial charge is 0.281 e. The van der Waals surface area contributed by atoms with Crippen LogP contribution in [0.3, 0.4) is 0 Å². The van der Waals surface area contributed by atoms with Gasteiger partial charge in [-0.25, -0.2) is 5.43 Å². The lowest BCUT2D eigenvalue weighted by molar-refractivity contribution is -0.385. The van der Waals surface area contributed by atoms with Crippen LogP contribution < -0.4 is 5.43 Å². The summed E-state index contributed by atoms with van der Waals surface area (Å²) in [5.74, 6) is -0.275. The summed E-state index contributed by atoms with van der Waals surface area (Å²) in [5, 5.41) is 16.5. The van der Waals surface area contributed by atoms with Gasteiger partial charge in [0.1, 0.15) is 0 Å². The van der Waals surface area contributed by atoms with E-state index in [4.69, 9.17) is 0 Å². The Morgan fingerprint density at radius 1 is 1.36 bits per heavy atom. The van der Waals surface area contributed by atoms with Crippen LogP contribution in [0.2, 0.25) is 0 Å². The Hall–Kier alpha value is -2.80. The van der Waals surface area contributed by atoms with E-state index in [2.05, 4.69) is 10.5 Å². The number of carbonyl (C=O) groups is 1. The molecule has 0 aliphatic carbocycles. The van der Waals surface area contributed by atoms with Gasteiger partial charge in [-0.3, -0.25) is 14.9 Å². The lowest BCUT2D eigenvalue weighted by Crippen LogP contribution is -2.16. The van der Waals surface area contributed by atoms with Crippen molar-refractivity contribution in [2.24, 2.45) is 5.10 Å². The second-order valence-electron chi connectivity index (χ2n) is 4.33. The highest BCUT2D eigenvalue weighted by Crippen LogP contribution is 2.18. The number of hydrogen-bond donors (Lipinski definition) is 1.